The summed E-state index contributed by atoms with van der Waals surface area (Å²) in [6.07, 6.45) is 9.04. The number of fused-ring (bicyclic) bond motifs is 5. The summed E-state index contributed by atoms with van der Waals surface area (Å²) >= 11 is 0. The van der Waals surface area contributed by atoms with E-state index in [-0.39, 0.29) is 11.3 Å². The van der Waals surface area contributed by atoms with E-state index in [0.717, 1.165) is 25.7 Å². The van der Waals surface area contributed by atoms with Gasteiger partial charge >= 0.3 is 0 Å². The first-order valence-electron chi connectivity index (χ1n) is 9.09. The maximum atomic E-state index is 14.3. The summed E-state index contributed by atoms with van der Waals surface area (Å²) in [5, 5.41) is 20.7. The monoisotopic (exact) mass is 308 g/mol. The van der Waals surface area contributed by atoms with Crippen LogP contribution in [-0.2, 0) is 0 Å². The van der Waals surface area contributed by atoms with Crippen molar-refractivity contribution in [3.8, 4) is 0 Å². The van der Waals surface area contributed by atoms with Crippen molar-refractivity contribution in [2.45, 2.75) is 77.2 Å². The minimum absolute atomic E-state index is 0.122. The van der Waals surface area contributed by atoms with Crippen LogP contribution in [0, 0.1) is 28.6 Å². The van der Waals surface area contributed by atoms with Gasteiger partial charge in [-0.05, 0) is 74.5 Å². The van der Waals surface area contributed by atoms with Crippen LogP contribution in [0.3, 0.4) is 0 Å². The first-order valence-corrected chi connectivity index (χ1v) is 9.09. The second-order valence-corrected chi connectivity index (χ2v) is 8.84. The molecule has 3 heteroatoms. The average molecular weight is 308 g/mol. The molecule has 6 atom stereocenters. The number of alkyl halides is 1. The summed E-state index contributed by atoms with van der Waals surface area (Å²) in [7, 11) is 0. The molecule has 0 bridgehead atoms. The average Bonchev–Trinajstić information content (AvgIpc) is 2.66. The Bertz CT molecular complexity index is 514. The summed E-state index contributed by atoms with van der Waals surface area (Å²) in [6.45, 7) is 4.34. The van der Waals surface area contributed by atoms with Crippen LogP contribution in [0.15, 0.2) is 11.6 Å². The van der Waals surface area contributed by atoms with Crippen molar-refractivity contribution in [1.82, 2.24) is 0 Å². The van der Waals surface area contributed by atoms with Crippen molar-refractivity contribution in [2.75, 3.05) is 0 Å². The quantitative estimate of drug-likeness (QED) is 0.525. The molecule has 3 saturated carbocycles. The summed E-state index contributed by atoms with van der Waals surface area (Å²) in [5.74, 6) is -0.950. The SMILES string of the molecule is C[C@]12CCCC=C1CC[C@@H]1[C@H]2CC[C@@]2(C)[C@H]1CC(F)C2(O)O. The molecule has 0 aromatic rings. The number of hydrogen-bond acceptors (Lipinski definition) is 2. The Morgan fingerprint density at radius 3 is 2.68 bits per heavy atom. The van der Waals surface area contributed by atoms with Gasteiger partial charge in [0.2, 0.25) is 5.79 Å². The van der Waals surface area contributed by atoms with Crippen LogP contribution >= 0.6 is 0 Å². The molecular weight excluding hydrogens is 279 g/mol. The maximum absolute atomic E-state index is 14.3. The van der Waals surface area contributed by atoms with Gasteiger partial charge in [-0.2, -0.15) is 0 Å². The van der Waals surface area contributed by atoms with Gasteiger partial charge in [-0.3, -0.25) is 0 Å². The standard InChI is InChI=1S/C19H29FO2/c1-17-9-4-3-5-12(17)6-7-13-14(17)8-10-18(2)15(13)11-16(20)19(18,21)22/h5,13-16,21-22H,3-4,6-11H2,1-2H3/t13-,14-,15+,16?,17+,18+/m1/s1. The molecule has 0 aromatic heterocycles. The van der Waals surface area contributed by atoms with Crippen molar-refractivity contribution in [3.05, 3.63) is 11.6 Å². The van der Waals surface area contributed by atoms with Crippen molar-refractivity contribution in [3.63, 3.8) is 0 Å². The summed E-state index contributed by atoms with van der Waals surface area (Å²) in [4.78, 5) is 0. The van der Waals surface area contributed by atoms with Crippen molar-refractivity contribution >= 4 is 0 Å². The largest absolute Gasteiger partial charge is 0.363 e. The van der Waals surface area contributed by atoms with Crippen LogP contribution < -0.4 is 0 Å². The van der Waals surface area contributed by atoms with Gasteiger partial charge in [0.05, 0.1) is 0 Å². The van der Waals surface area contributed by atoms with E-state index in [0.29, 0.717) is 18.3 Å². The lowest BCUT2D eigenvalue weighted by molar-refractivity contribution is -0.268. The van der Waals surface area contributed by atoms with E-state index >= 15 is 0 Å². The number of allylic oxidation sites excluding steroid dienone is 2. The van der Waals surface area contributed by atoms with Crippen LogP contribution in [0.25, 0.3) is 0 Å². The fourth-order valence-corrected chi connectivity index (χ4v) is 6.71. The second-order valence-electron chi connectivity index (χ2n) is 8.84. The number of hydrogen-bond donors (Lipinski definition) is 2. The predicted octanol–water partition coefficient (Wildman–Crippen LogP) is 3.97. The summed E-state index contributed by atoms with van der Waals surface area (Å²) < 4.78 is 14.3. The van der Waals surface area contributed by atoms with Gasteiger partial charge in [0, 0.05) is 5.41 Å². The molecule has 0 amide bonds. The Hall–Kier alpha value is -0.410. The van der Waals surface area contributed by atoms with Gasteiger partial charge in [-0.15, -0.1) is 0 Å². The van der Waals surface area contributed by atoms with Crippen LogP contribution in [0.5, 0.6) is 0 Å². The molecule has 0 spiro atoms. The van der Waals surface area contributed by atoms with Crippen molar-refractivity contribution < 1.29 is 14.6 Å². The smallest absolute Gasteiger partial charge is 0.200 e. The highest BCUT2D eigenvalue weighted by Crippen LogP contribution is 2.67. The molecule has 0 radical (unpaired) electrons. The minimum atomic E-state index is -2.13. The number of aliphatic hydroxyl groups is 2. The Labute approximate surface area is 132 Å². The van der Waals surface area contributed by atoms with E-state index in [1.807, 2.05) is 6.92 Å². The van der Waals surface area contributed by atoms with Gasteiger partial charge in [-0.25, -0.2) is 4.39 Å². The van der Waals surface area contributed by atoms with Gasteiger partial charge < -0.3 is 10.2 Å². The first-order chi connectivity index (χ1) is 10.3. The van der Waals surface area contributed by atoms with Crippen molar-refractivity contribution in [1.29, 1.82) is 0 Å². The lowest BCUT2D eigenvalue weighted by Crippen LogP contribution is -2.56. The Balaban J connectivity index is 1.71. The van der Waals surface area contributed by atoms with Gasteiger partial charge in [-0.1, -0.05) is 25.5 Å². The van der Waals surface area contributed by atoms with Crippen LogP contribution in [0.4, 0.5) is 4.39 Å². The van der Waals surface area contributed by atoms with E-state index in [9.17, 15) is 14.6 Å². The molecule has 4 aliphatic rings. The zero-order valence-corrected chi connectivity index (χ0v) is 13.8. The number of rotatable bonds is 0. The third-order valence-electron chi connectivity index (χ3n) is 8.15. The Kier molecular flexibility index (Phi) is 3.14. The van der Waals surface area contributed by atoms with Gasteiger partial charge in [0.15, 0.2) is 6.17 Å². The molecule has 0 saturated heterocycles. The van der Waals surface area contributed by atoms with Crippen LogP contribution in [-0.4, -0.2) is 22.2 Å². The molecule has 0 aliphatic heterocycles. The third-order valence-corrected chi connectivity index (χ3v) is 8.15. The lowest BCUT2D eigenvalue weighted by atomic mass is 9.47. The van der Waals surface area contributed by atoms with E-state index in [4.69, 9.17) is 0 Å². The van der Waals surface area contributed by atoms with Gasteiger partial charge in [0.1, 0.15) is 0 Å². The summed E-state index contributed by atoms with van der Waals surface area (Å²) in [6, 6.07) is 0. The Morgan fingerprint density at radius 1 is 1.14 bits per heavy atom. The lowest BCUT2D eigenvalue weighted by Gasteiger charge is -2.58. The van der Waals surface area contributed by atoms with E-state index in [1.54, 1.807) is 5.57 Å². The molecule has 2 nitrogen and oxygen atoms in total. The molecule has 0 heterocycles. The molecule has 3 fully saturated rings. The fourth-order valence-electron chi connectivity index (χ4n) is 6.71. The molecule has 4 rings (SSSR count). The normalized spacial score (nSPS) is 53.2. The molecule has 124 valence electrons. The third kappa shape index (κ3) is 1.67. The highest BCUT2D eigenvalue weighted by atomic mass is 19.1. The van der Waals surface area contributed by atoms with E-state index in [2.05, 4.69) is 13.0 Å². The second kappa shape index (κ2) is 4.57. The molecule has 1 unspecified atom stereocenters. The molecule has 22 heavy (non-hydrogen) atoms. The summed E-state index contributed by atoms with van der Waals surface area (Å²) in [5.41, 5.74) is 1.25. The molecular formula is C19H29FO2. The minimum Gasteiger partial charge on any atom is -0.363 e. The Morgan fingerprint density at radius 2 is 1.91 bits per heavy atom. The highest BCUT2D eigenvalue weighted by molar-refractivity contribution is 5.24. The van der Waals surface area contributed by atoms with Crippen LogP contribution in [0.1, 0.15) is 65.2 Å². The molecule has 2 N–H and O–H groups in total. The molecule has 0 aromatic carbocycles. The van der Waals surface area contributed by atoms with Gasteiger partial charge in [0.25, 0.3) is 0 Å². The number of halogens is 1. The predicted molar refractivity (Wildman–Crippen MR) is 83.8 cm³/mol. The highest BCUT2D eigenvalue weighted by Gasteiger charge is 2.67. The van der Waals surface area contributed by atoms with Crippen molar-refractivity contribution in [2.24, 2.45) is 28.6 Å². The maximum Gasteiger partial charge on any atom is 0.200 e. The topological polar surface area (TPSA) is 40.5 Å². The molecule has 4 aliphatic carbocycles. The fraction of sp³-hybridized carbons (Fsp3) is 0.895. The zero-order chi connectivity index (χ0) is 15.8. The van der Waals surface area contributed by atoms with Crippen LogP contribution in [0.2, 0.25) is 0 Å². The van der Waals surface area contributed by atoms with E-state index in [1.165, 1.54) is 19.3 Å². The first kappa shape index (κ1) is 15.1. The van der Waals surface area contributed by atoms with E-state index < -0.39 is 17.4 Å². The zero-order valence-electron chi connectivity index (χ0n) is 13.8.